The summed E-state index contributed by atoms with van der Waals surface area (Å²) in [5.74, 6) is -0.281. The molecule has 0 aliphatic carbocycles. The highest BCUT2D eigenvalue weighted by atomic mass is 79.9. The van der Waals surface area contributed by atoms with Crippen molar-refractivity contribution in [2.45, 2.75) is 6.92 Å². The number of nitrogens with zero attached hydrogens (tertiary/aromatic N) is 3. The van der Waals surface area contributed by atoms with Crippen LogP contribution < -0.4 is 0 Å². The van der Waals surface area contributed by atoms with E-state index in [1.165, 1.54) is 0 Å². The Morgan fingerprint density at radius 2 is 2.07 bits per heavy atom. The lowest BCUT2D eigenvalue weighted by molar-refractivity contribution is -0.386. The number of hydrogen-bond acceptors (Lipinski definition) is 5. The quantitative estimate of drug-likeness (QED) is 0.607. The Morgan fingerprint density at radius 1 is 1.47 bits per heavy atom. The molecule has 2 rings (SSSR count). The van der Waals surface area contributed by atoms with Crippen LogP contribution in [0.25, 0.3) is 11.0 Å². The topological polar surface area (TPSA) is 105 Å². The van der Waals surface area contributed by atoms with Crippen LogP contribution in [-0.2, 0) is 0 Å². The first kappa shape index (κ1) is 9.84. The van der Waals surface area contributed by atoms with Gasteiger partial charge in [0.25, 0.3) is 5.69 Å². The number of fused-ring (bicyclic) bond motifs is 1. The first-order valence-corrected chi connectivity index (χ1v) is 4.69. The monoisotopic (exact) mass is 272 g/mol. The number of aromatic hydroxyl groups is 1. The van der Waals surface area contributed by atoms with Crippen molar-refractivity contribution >= 4 is 32.7 Å². The van der Waals surface area contributed by atoms with Crippen LogP contribution in [0.5, 0.6) is 5.75 Å². The molecule has 0 saturated heterocycles. The summed E-state index contributed by atoms with van der Waals surface area (Å²) in [6.07, 6.45) is 0. The molecule has 1 aromatic carbocycles. The van der Waals surface area contributed by atoms with Crippen molar-refractivity contribution in [3.8, 4) is 5.75 Å². The molecule has 1 heterocycles. The molecule has 7 nitrogen and oxygen atoms in total. The zero-order valence-corrected chi connectivity index (χ0v) is 9.07. The fourth-order valence-electron chi connectivity index (χ4n) is 1.37. The van der Waals surface area contributed by atoms with Gasteiger partial charge in [0.2, 0.25) is 0 Å². The van der Waals surface area contributed by atoms with Crippen LogP contribution in [0.3, 0.4) is 0 Å². The van der Waals surface area contributed by atoms with Gasteiger partial charge in [-0.15, -0.1) is 0 Å². The van der Waals surface area contributed by atoms with E-state index in [4.69, 9.17) is 0 Å². The third kappa shape index (κ3) is 1.25. The molecular weight excluding hydrogens is 268 g/mol. The van der Waals surface area contributed by atoms with Gasteiger partial charge >= 0.3 is 0 Å². The molecular formula is C7H5BrN4O3. The van der Waals surface area contributed by atoms with Crippen molar-refractivity contribution in [1.29, 1.82) is 0 Å². The number of nitro groups is 1. The van der Waals surface area contributed by atoms with Gasteiger partial charge < -0.3 is 5.11 Å². The summed E-state index contributed by atoms with van der Waals surface area (Å²) in [7, 11) is 0. The lowest BCUT2D eigenvalue weighted by atomic mass is 10.1. The summed E-state index contributed by atoms with van der Waals surface area (Å²) in [4.78, 5) is 10.2. The SMILES string of the molecule is Cc1c([N+](=O)[O-])c(Br)c(O)c2n[nH]nc12. The molecule has 0 radical (unpaired) electrons. The number of H-pyrrole nitrogens is 1. The number of hydrogen-bond donors (Lipinski definition) is 2. The van der Waals surface area contributed by atoms with Gasteiger partial charge in [-0.25, -0.2) is 0 Å². The maximum atomic E-state index is 10.8. The summed E-state index contributed by atoms with van der Waals surface area (Å²) in [6, 6.07) is 0. The standard InChI is InChI=1S/C7H5BrN4O3/c1-2-4-5(10-11-9-4)7(13)3(8)6(2)12(14)15/h13H,1H3,(H,9,10,11). The number of aromatic nitrogens is 3. The number of phenolic OH excluding ortho intramolecular Hbond substituents is 1. The molecule has 8 heteroatoms. The molecule has 0 spiro atoms. The second-order valence-electron chi connectivity index (χ2n) is 2.91. The van der Waals surface area contributed by atoms with Gasteiger partial charge in [-0.05, 0) is 22.9 Å². The van der Waals surface area contributed by atoms with E-state index in [9.17, 15) is 15.2 Å². The fourth-order valence-corrected chi connectivity index (χ4v) is 2.00. The number of benzene rings is 1. The van der Waals surface area contributed by atoms with Crippen LogP contribution >= 0.6 is 15.9 Å². The number of aromatic amines is 1. The highest BCUT2D eigenvalue weighted by Crippen LogP contribution is 2.41. The highest BCUT2D eigenvalue weighted by molar-refractivity contribution is 9.10. The van der Waals surface area contributed by atoms with Crippen molar-refractivity contribution in [2.24, 2.45) is 0 Å². The molecule has 0 aliphatic rings. The first-order chi connectivity index (χ1) is 7.04. The molecule has 0 amide bonds. The minimum absolute atomic E-state index is 0.0198. The Labute approximate surface area is 91.4 Å². The van der Waals surface area contributed by atoms with E-state index in [2.05, 4.69) is 31.3 Å². The van der Waals surface area contributed by atoms with E-state index in [1.807, 2.05) is 0 Å². The van der Waals surface area contributed by atoms with Gasteiger partial charge in [0.15, 0.2) is 11.3 Å². The number of aryl methyl sites for hydroxylation is 1. The summed E-state index contributed by atoms with van der Waals surface area (Å²) in [6.45, 7) is 1.55. The predicted octanol–water partition coefficient (Wildman–Crippen LogP) is 1.64. The molecule has 2 aromatic rings. The van der Waals surface area contributed by atoms with E-state index < -0.39 is 4.92 Å². The molecule has 1 aromatic heterocycles. The maximum absolute atomic E-state index is 10.8. The van der Waals surface area contributed by atoms with Crippen molar-refractivity contribution in [1.82, 2.24) is 15.4 Å². The molecule has 15 heavy (non-hydrogen) atoms. The van der Waals surface area contributed by atoms with Crippen LogP contribution in [0, 0.1) is 17.0 Å². The normalized spacial score (nSPS) is 10.8. The Kier molecular flexibility index (Phi) is 2.07. The third-order valence-corrected chi connectivity index (χ3v) is 2.83. The number of halogens is 1. The third-order valence-electron chi connectivity index (χ3n) is 2.08. The summed E-state index contributed by atoms with van der Waals surface area (Å²) in [5, 5.41) is 30.1. The van der Waals surface area contributed by atoms with Crippen molar-refractivity contribution in [3.05, 3.63) is 20.2 Å². The van der Waals surface area contributed by atoms with Crippen LogP contribution in [0.4, 0.5) is 5.69 Å². The number of rotatable bonds is 1. The average molecular weight is 273 g/mol. The first-order valence-electron chi connectivity index (χ1n) is 3.90. The van der Waals surface area contributed by atoms with Gasteiger partial charge in [-0.2, -0.15) is 15.4 Å². The lowest BCUT2D eigenvalue weighted by Gasteiger charge is -2.02. The van der Waals surface area contributed by atoms with Crippen molar-refractivity contribution < 1.29 is 10.0 Å². The van der Waals surface area contributed by atoms with Crippen LogP contribution in [0.1, 0.15) is 5.56 Å². The van der Waals surface area contributed by atoms with Crippen molar-refractivity contribution in [2.75, 3.05) is 0 Å². The van der Waals surface area contributed by atoms with Crippen LogP contribution in [0.2, 0.25) is 0 Å². The number of nitro benzene ring substituents is 1. The van der Waals surface area contributed by atoms with Gasteiger partial charge in [0, 0.05) is 0 Å². The molecule has 0 atom stereocenters. The molecule has 0 fully saturated rings. The van der Waals surface area contributed by atoms with Crippen molar-refractivity contribution in [3.63, 3.8) is 0 Å². The smallest absolute Gasteiger partial charge is 0.292 e. The average Bonchev–Trinajstić information content (AvgIpc) is 2.62. The molecule has 0 bridgehead atoms. The number of nitrogens with one attached hydrogen (secondary N) is 1. The number of phenols is 1. The van der Waals surface area contributed by atoms with Gasteiger partial charge in [-0.3, -0.25) is 10.1 Å². The fraction of sp³-hybridized carbons (Fsp3) is 0.143. The van der Waals surface area contributed by atoms with E-state index in [0.29, 0.717) is 11.1 Å². The zero-order chi connectivity index (χ0) is 11.2. The highest BCUT2D eigenvalue weighted by Gasteiger charge is 2.25. The van der Waals surface area contributed by atoms with Crippen LogP contribution in [0.15, 0.2) is 4.47 Å². The van der Waals surface area contributed by atoms with Gasteiger partial charge in [-0.1, -0.05) is 0 Å². The largest absolute Gasteiger partial charge is 0.504 e. The molecule has 0 unspecified atom stereocenters. The summed E-state index contributed by atoms with van der Waals surface area (Å²) < 4.78 is 0.0198. The van der Waals surface area contributed by atoms with E-state index in [-0.39, 0.29) is 21.4 Å². The molecule has 78 valence electrons. The maximum Gasteiger partial charge on any atom is 0.292 e. The minimum atomic E-state index is -0.576. The van der Waals surface area contributed by atoms with E-state index in [1.54, 1.807) is 6.92 Å². The van der Waals surface area contributed by atoms with E-state index in [0.717, 1.165) is 0 Å². The van der Waals surface area contributed by atoms with E-state index >= 15 is 0 Å². The lowest BCUT2D eigenvalue weighted by Crippen LogP contribution is -1.94. The van der Waals surface area contributed by atoms with Gasteiger partial charge in [0.1, 0.15) is 9.99 Å². The van der Waals surface area contributed by atoms with Gasteiger partial charge in [0.05, 0.1) is 10.5 Å². The summed E-state index contributed by atoms with van der Waals surface area (Å²) in [5.41, 5.74) is 0.662. The van der Waals surface area contributed by atoms with Crippen LogP contribution in [-0.4, -0.2) is 25.4 Å². The Hall–Kier alpha value is -1.70. The molecule has 0 saturated carbocycles. The molecule has 2 N–H and O–H groups in total. The molecule has 0 aliphatic heterocycles. The Bertz CT molecular complexity index is 565. The Morgan fingerprint density at radius 3 is 2.67 bits per heavy atom. The Balaban J connectivity index is 2.98. The summed E-state index contributed by atoms with van der Waals surface area (Å²) >= 11 is 2.96. The minimum Gasteiger partial charge on any atom is -0.504 e. The second-order valence-corrected chi connectivity index (χ2v) is 3.71. The zero-order valence-electron chi connectivity index (χ0n) is 7.48. The predicted molar refractivity (Wildman–Crippen MR) is 54.6 cm³/mol. The second kappa shape index (κ2) is 3.16.